The standard InChI is InChI=1S/C7H9N3O2/c1-3-4(2)9-10-6(8)5(3)7(11)12/h1-2H3,(H2,8,10)(H,11,12). The third-order valence-electron chi connectivity index (χ3n) is 1.70. The second-order valence-electron chi connectivity index (χ2n) is 2.48. The topological polar surface area (TPSA) is 89.1 Å². The number of carboxylic acid groups (broad SMARTS) is 1. The Labute approximate surface area is 69.2 Å². The number of carbonyl (C=O) groups is 1. The summed E-state index contributed by atoms with van der Waals surface area (Å²) in [5, 5.41) is 15.9. The molecule has 0 bridgehead atoms. The summed E-state index contributed by atoms with van der Waals surface area (Å²) in [6, 6.07) is 0. The van der Waals surface area contributed by atoms with Crippen molar-refractivity contribution in [2.45, 2.75) is 13.8 Å². The molecule has 0 spiro atoms. The van der Waals surface area contributed by atoms with E-state index in [2.05, 4.69) is 10.2 Å². The average molecular weight is 167 g/mol. The van der Waals surface area contributed by atoms with Crippen LogP contribution in [0.25, 0.3) is 0 Å². The van der Waals surface area contributed by atoms with Gasteiger partial charge in [-0.15, -0.1) is 5.10 Å². The average Bonchev–Trinajstić information content (AvgIpc) is 1.97. The Morgan fingerprint density at radius 1 is 1.42 bits per heavy atom. The molecule has 1 aromatic rings. The van der Waals surface area contributed by atoms with E-state index in [1.165, 1.54) is 0 Å². The molecule has 0 amide bonds. The lowest BCUT2D eigenvalue weighted by Gasteiger charge is -2.04. The Morgan fingerprint density at radius 2 is 2.00 bits per heavy atom. The number of rotatable bonds is 1. The van der Waals surface area contributed by atoms with Gasteiger partial charge in [0.1, 0.15) is 5.56 Å². The molecular weight excluding hydrogens is 158 g/mol. The lowest BCUT2D eigenvalue weighted by molar-refractivity contribution is 0.0696. The zero-order valence-corrected chi connectivity index (χ0v) is 6.83. The summed E-state index contributed by atoms with van der Waals surface area (Å²) in [4.78, 5) is 10.6. The van der Waals surface area contributed by atoms with Crippen LogP contribution in [0.5, 0.6) is 0 Å². The number of nitrogen functional groups attached to an aromatic ring is 1. The molecule has 12 heavy (non-hydrogen) atoms. The van der Waals surface area contributed by atoms with E-state index in [9.17, 15) is 4.79 Å². The number of hydrogen-bond acceptors (Lipinski definition) is 4. The zero-order valence-electron chi connectivity index (χ0n) is 6.83. The van der Waals surface area contributed by atoms with Gasteiger partial charge in [0.05, 0.1) is 5.69 Å². The van der Waals surface area contributed by atoms with Crippen molar-refractivity contribution in [3.63, 3.8) is 0 Å². The highest BCUT2D eigenvalue weighted by atomic mass is 16.4. The van der Waals surface area contributed by atoms with Crippen molar-refractivity contribution in [2.24, 2.45) is 0 Å². The first-order valence-corrected chi connectivity index (χ1v) is 3.36. The van der Waals surface area contributed by atoms with Gasteiger partial charge in [-0.2, -0.15) is 5.10 Å². The summed E-state index contributed by atoms with van der Waals surface area (Å²) in [6.07, 6.45) is 0. The smallest absolute Gasteiger partial charge is 0.339 e. The molecular formula is C7H9N3O2. The van der Waals surface area contributed by atoms with Crippen molar-refractivity contribution in [3.8, 4) is 0 Å². The van der Waals surface area contributed by atoms with Gasteiger partial charge in [-0.3, -0.25) is 0 Å². The van der Waals surface area contributed by atoms with E-state index in [0.29, 0.717) is 11.3 Å². The molecule has 1 rings (SSSR count). The molecule has 5 heteroatoms. The molecule has 0 aliphatic carbocycles. The summed E-state index contributed by atoms with van der Waals surface area (Å²) in [7, 11) is 0. The van der Waals surface area contributed by atoms with Crippen LogP contribution in [0, 0.1) is 13.8 Å². The van der Waals surface area contributed by atoms with Crippen molar-refractivity contribution < 1.29 is 9.90 Å². The van der Waals surface area contributed by atoms with E-state index >= 15 is 0 Å². The van der Waals surface area contributed by atoms with Gasteiger partial charge in [0, 0.05) is 0 Å². The molecule has 0 fully saturated rings. The predicted octanol–water partition coefficient (Wildman–Crippen LogP) is 0.374. The highest BCUT2D eigenvalue weighted by Crippen LogP contribution is 2.14. The maximum absolute atomic E-state index is 10.6. The van der Waals surface area contributed by atoms with Gasteiger partial charge in [-0.05, 0) is 19.4 Å². The molecule has 0 aliphatic rings. The third-order valence-corrected chi connectivity index (χ3v) is 1.70. The van der Waals surface area contributed by atoms with E-state index in [1.54, 1.807) is 13.8 Å². The first-order chi connectivity index (χ1) is 5.54. The molecule has 0 unspecified atom stereocenters. The first kappa shape index (κ1) is 8.45. The van der Waals surface area contributed by atoms with Crippen LogP contribution in [0.1, 0.15) is 21.6 Å². The Bertz CT molecular complexity index is 336. The van der Waals surface area contributed by atoms with Crippen LogP contribution in [0.2, 0.25) is 0 Å². The Kier molecular flexibility index (Phi) is 1.95. The van der Waals surface area contributed by atoms with Crippen LogP contribution >= 0.6 is 0 Å². The second-order valence-corrected chi connectivity index (χ2v) is 2.48. The minimum absolute atomic E-state index is 0.0365. The highest BCUT2D eigenvalue weighted by Gasteiger charge is 2.14. The van der Waals surface area contributed by atoms with E-state index < -0.39 is 5.97 Å². The molecule has 1 heterocycles. The van der Waals surface area contributed by atoms with Crippen LogP contribution < -0.4 is 5.73 Å². The van der Waals surface area contributed by atoms with Crippen molar-refractivity contribution in [1.29, 1.82) is 0 Å². The van der Waals surface area contributed by atoms with Crippen LogP contribution in [0.4, 0.5) is 5.82 Å². The molecule has 0 aromatic carbocycles. The normalized spacial score (nSPS) is 9.83. The zero-order chi connectivity index (χ0) is 9.30. The maximum Gasteiger partial charge on any atom is 0.339 e. The fourth-order valence-corrected chi connectivity index (χ4v) is 0.897. The summed E-state index contributed by atoms with van der Waals surface area (Å²) < 4.78 is 0. The second kappa shape index (κ2) is 2.77. The quantitative estimate of drug-likeness (QED) is 0.630. The molecule has 0 saturated carbocycles. The molecule has 0 atom stereocenters. The number of hydrogen-bond donors (Lipinski definition) is 2. The van der Waals surface area contributed by atoms with Crippen molar-refractivity contribution in [2.75, 3.05) is 5.73 Å². The van der Waals surface area contributed by atoms with Gasteiger partial charge in [0.2, 0.25) is 0 Å². The van der Waals surface area contributed by atoms with Gasteiger partial charge in [-0.1, -0.05) is 0 Å². The van der Waals surface area contributed by atoms with Crippen molar-refractivity contribution in [1.82, 2.24) is 10.2 Å². The summed E-state index contributed by atoms with van der Waals surface area (Å²) in [5.41, 5.74) is 6.53. The Morgan fingerprint density at radius 3 is 2.42 bits per heavy atom. The number of aryl methyl sites for hydroxylation is 1. The highest BCUT2D eigenvalue weighted by molar-refractivity contribution is 5.94. The molecule has 1 aromatic heterocycles. The van der Waals surface area contributed by atoms with Crippen molar-refractivity contribution in [3.05, 3.63) is 16.8 Å². The fourth-order valence-electron chi connectivity index (χ4n) is 0.897. The third kappa shape index (κ3) is 1.20. The number of aromatic nitrogens is 2. The predicted molar refractivity (Wildman–Crippen MR) is 42.9 cm³/mol. The number of nitrogens with zero attached hydrogens (tertiary/aromatic N) is 2. The minimum Gasteiger partial charge on any atom is -0.478 e. The summed E-state index contributed by atoms with van der Waals surface area (Å²) in [5.74, 6) is -1.10. The van der Waals surface area contributed by atoms with E-state index in [1.807, 2.05) is 0 Å². The van der Waals surface area contributed by atoms with Crippen LogP contribution in [-0.4, -0.2) is 21.3 Å². The molecule has 64 valence electrons. The van der Waals surface area contributed by atoms with Crippen molar-refractivity contribution >= 4 is 11.8 Å². The number of anilines is 1. The van der Waals surface area contributed by atoms with E-state index in [0.717, 1.165) is 0 Å². The molecule has 0 radical (unpaired) electrons. The number of nitrogens with two attached hydrogens (primary N) is 1. The summed E-state index contributed by atoms with van der Waals surface area (Å²) >= 11 is 0. The van der Waals surface area contributed by atoms with E-state index in [4.69, 9.17) is 10.8 Å². The van der Waals surface area contributed by atoms with Gasteiger partial charge in [-0.25, -0.2) is 4.79 Å². The lowest BCUT2D eigenvalue weighted by atomic mass is 10.1. The van der Waals surface area contributed by atoms with Crippen LogP contribution in [0.3, 0.4) is 0 Å². The first-order valence-electron chi connectivity index (χ1n) is 3.36. The molecule has 0 saturated heterocycles. The van der Waals surface area contributed by atoms with Gasteiger partial charge in [0.15, 0.2) is 5.82 Å². The van der Waals surface area contributed by atoms with Gasteiger partial charge >= 0.3 is 5.97 Å². The van der Waals surface area contributed by atoms with Crippen LogP contribution in [-0.2, 0) is 0 Å². The number of aromatic carboxylic acids is 1. The molecule has 5 nitrogen and oxygen atoms in total. The SMILES string of the molecule is Cc1nnc(N)c(C(=O)O)c1C. The molecule has 0 aliphatic heterocycles. The Hall–Kier alpha value is -1.65. The minimum atomic E-state index is -1.07. The van der Waals surface area contributed by atoms with Crippen LogP contribution in [0.15, 0.2) is 0 Å². The summed E-state index contributed by atoms with van der Waals surface area (Å²) in [6.45, 7) is 3.35. The maximum atomic E-state index is 10.6. The largest absolute Gasteiger partial charge is 0.478 e. The molecule has 3 N–H and O–H groups in total. The van der Waals surface area contributed by atoms with Gasteiger partial charge in [0.25, 0.3) is 0 Å². The fraction of sp³-hybridized carbons (Fsp3) is 0.286. The Balaban J connectivity index is 3.43. The lowest BCUT2D eigenvalue weighted by Crippen LogP contribution is -2.10. The van der Waals surface area contributed by atoms with E-state index in [-0.39, 0.29) is 11.4 Å². The monoisotopic (exact) mass is 167 g/mol. The van der Waals surface area contributed by atoms with Gasteiger partial charge < -0.3 is 10.8 Å². The number of carboxylic acids is 1.